The molecule has 2 nitrogen and oxygen atoms in total. The van der Waals surface area contributed by atoms with Crippen LogP contribution in [-0.2, 0) is 4.79 Å². The number of rotatable bonds is 4. The molecule has 0 N–H and O–H groups in total. The van der Waals surface area contributed by atoms with Crippen molar-refractivity contribution < 1.29 is 39.5 Å². The Balaban J connectivity index is 0. The van der Waals surface area contributed by atoms with Crippen LogP contribution in [0.5, 0.6) is 0 Å². The van der Waals surface area contributed by atoms with Crippen LogP contribution in [0.1, 0.15) is 26.2 Å². The van der Waals surface area contributed by atoms with Crippen LogP contribution in [0.3, 0.4) is 0 Å². The van der Waals surface area contributed by atoms with Gasteiger partial charge in [0.1, 0.15) is 0 Å². The van der Waals surface area contributed by atoms with Crippen LogP contribution in [-0.4, -0.2) is 5.97 Å². The predicted molar refractivity (Wildman–Crippen MR) is 33.7 cm³/mol. The van der Waals surface area contributed by atoms with Crippen LogP contribution in [0, 0.1) is 0 Å². The van der Waals surface area contributed by atoms with Crippen LogP contribution in [0.4, 0.5) is 0 Å². The summed E-state index contributed by atoms with van der Waals surface area (Å²) < 4.78 is 0. The number of aliphatic carboxylic acids is 1. The molecule has 0 aromatic carbocycles. The number of carbonyl (C=O) groups is 1. The van der Waals surface area contributed by atoms with Crippen LogP contribution >= 0.6 is 0 Å². The largest absolute Gasteiger partial charge is 1.00 e. The second kappa shape index (κ2) is 9.21. The van der Waals surface area contributed by atoms with E-state index in [2.05, 4.69) is 0 Å². The van der Waals surface area contributed by atoms with Gasteiger partial charge >= 0.3 is 29.6 Å². The summed E-state index contributed by atoms with van der Waals surface area (Å²) in [5.41, 5.74) is 0. The Bertz CT molecular complexity index is 110. The maximum atomic E-state index is 9.80. The number of carboxylic acids is 1. The minimum absolute atomic E-state index is 0. The standard InChI is InChI=1S/C7H12O2.Na/c1-2-3-4-5-6-7(8)9;/h4-5H,2-3,6H2,1H3,(H,8,9);/q;+1/p-1. The first-order valence-electron chi connectivity index (χ1n) is 3.12. The number of hydrogen-bond acceptors (Lipinski definition) is 2. The summed E-state index contributed by atoms with van der Waals surface area (Å²) in [6, 6.07) is 0. The molecular weight excluding hydrogens is 139 g/mol. The molecule has 0 bridgehead atoms. The first kappa shape index (κ1) is 12.8. The first-order valence-corrected chi connectivity index (χ1v) is 3.12. The molecule has 0 heterocycles. The van der Waals surface area contributed by atoms with Gasteiger partial charge in [-0.2, -0.15) is 0 Å². The average molecular weight is 150 g/mol. The van der Waals surface area contributed by atoms with Gasteiger partial charge in [-0.25, -0.2) is 0 Å². The summed E-state index contributed by atoms with van der Waals surface area (Å²) in [6.45, 7) is 2.04. The van der Waals surface area contributed by atoms with Crippen molar-refractivity contribution >= 4 is 5.97 Å². The third-order valence-electron chi connectivity index (χ3n) is 0.907. The summed E-state index contributed by atoms with van der Waals surface area (Å²) in [4.78, 5) is 9.80. The maximum Gasteiger partial charge on any atom is 1.00 e. The normalized spacial score (nSPS) is 9.30. The molecule has 0 aliphatic rings. The predicted octanol–water partition coefficient (Wildman–Crippen LogP) is -2.51. The first-order chi connectivity index (χ1) is 4.27. The van der Waals surface area contributed by atoms with Gasteiger partial charge in [0.05, 0.1) is 0 Å². The Morgan fingerprint density at radius 1 is 1.50 bits per heavy atom. The van der Waals surface area contributed by atoms with Crippen molar-refractivity contribution in [3.05, 3.63) is 12.2 Å². The van der Waals surface area contributed by atoms with Crippen molar-refractivity contribution in [2.24, 2.45) is 0 Å². The molecule has 0 rings (SSSR count). The molecule has 0 aromatic heterocycles. The van der Waals surface area contributed by atoms with Crippen molar-refractivity contribution in [3.8, 4) is 0 Å². The van der Waals surface area contributed by atoms with E-state index in [1.807, 2.05) is 13.0 Å². The van der Waals surface area contributed by atoms with Gasteiger partial charge in [0, 0.05) is 12.4 Å². The topological polar surface area (TPSA) is 40.1 Å². The Hall–Kier alpha value is 0.210. The molecule has 10 heavy (non-hydrogen) atoms. The van der Waals surface area contributed by atoms with Gasteiger partial charge in [-0.05, 0) is 6.42 Å². The fourth-order valence-electron chi connectivity index (χ4n) is 0.464. The van der Waals surface area contributed by atoms with Crippen molar-refractivity contribution in [1.82, 2.24) is 0 Å². The quantitative estimate of drug-likeness (QED) is 0.328. The molecule has 0 atom stereocenters. The molecule has 0 unspecified atom stereocenters. The van der Waals surface area contributed by atoms with Gasteiger partial charge in [0.15, 0.2) is 0 Å². The van der Waals surface area contributed by atoms with Gasteiger partial charge in [0.25, 0.3) is 0 Å². The molecule has 0 aromatic rings. The SMILES string of the molecule is CCCC=CCC(=O)[O-].[Na+]. The van der Waals surface area contributed by atoms with Crippen molar-refractivity contribution in [2.75, 3.05) is 0 Å². The van der Waals surface area contributed by atoms with E-state index in [1.54, 1.807) is 6.08 Å². The summed E-state index contributed by atoms with van der Waals surface area (Å²) in [5, 5.41) is 9.80. The number of allylic oxidation sites excluding steroid dienone is 1. The zero-order valence-electron chi connectivity index (χ0n) is 6.59. The third kappa shape index (κ3) is 11.1. The van der Waals surface area contributed by atoms with E-state index < -0.39 is 5.97 Å². The monoisotopic (exact) mass is 150 g/mol. The molecule has 0 amide bonds. The molecule has 0 spiro atoms. The van der Waals surface area contributed by atoms with E-state index in [0.29, 0.717) is 0 Å². The molecule has 0 fully saturated rings. The Kier molecular flexibility index (Phi) is 11.8. The zero-order valence-corrected chi connectivity index (χ0v) is 8.59. The molecule has 52 valence electrons. The van der Waals surface area contributed by atoms with Crippen molar-refractivity contribution in [2.45, 2.75) is 26.2 Å². The second-order valence-electron chi connectivity index (χ2n) is 1.84. The summed E-state index contributed by atoms with van der Waals surface area (Å²) >= 11 is 0. The summed E-state index contributed by atoms with van der Waals surface area (Å²) in [7, 11) is 0. The molecule has 0 saturated heterocycles. The second-order valence-corrected chi connectivity index (χ2v) is 1.84. The number of carbonyl (C=O) groups excluding carboxylic acids is 1. The smallest absolute Gasteiger partial charge is 0.550 e. The average Bonchev–Trinajstić information content (AvgIpc) is 1.80. The Morgan fingerprint density at radius 2 is 2.10 bits per heavy atom. The van der Waals surface area contributed by atoms with Crippen molar-refractivity contribution in [1.29, 1.82) is 0 Å². The minimum Gasteiger partial charge on any atom is -0.550 e. The molecule has 0 saturated carbocycles. The van der Waals surface area contributed by atoms with Crippen molar-refractivity contribution in [3.63, 3.8) is 0 Å². The van der Waals surface area contributed by atoms with Gasteiger partial charge in [-0.15, -0.1) is 0 Å². The summed E-state index contributed by atoms with van der Waals surface area (Å²) in [5.74, 6) is -1.01. The van der Waals surface area contributed by atoms with Gasteiger partial charge in [-0.1, -0.05) is 25.5 Å². The fraction of sp³-hybridized carbons (Fsp3) is 0.571. The van der Waals surface area contributed by atoms with Crippen LogP contribution in [0.25, 0.3) is 0 Å². The molecule has 0 aliphatic carbocycles. The maximum absolute atomic E-state index is 9.80. The van der Waals surface area contributed by atoms with E-state index in [-0.39, 0.29) is 36.0 Å². The molecule has 0 aliphatic heterocycles. The van der Waals surface area contributed by atoms with Gasteiger partial charge in [0.2, 0.25) is 0 Å². The summed E-state index contributed by atoms with van der Waals surface area (Å²) in [6.07, 6.45) is 5.53. The van der Waals surface area contributed by atoms with Gasteiger partial charge in [-0.3, -0.25) is 0 Å². The number of carboxylic acid groups (broad SMARTS) is 1. The van der Waals surface area contributed by atoms with E-state index in [1.165, 1.54) is 0 Å². The molecule has 0 radical (unpaired) electrons. The van der Waals surface area contributed by atoms with E-state index in [9.17, 15) is 9.90 Å². The fourth-order valence-corrected chi connectivity index (χ4v) is 0.464. The van der Waals surface area contributed by atoms with Crippen LogP contribution < -0.4 is 34.7 Å². The third-order valence-corrected chi connectivity index (χ3v) is 0.907. The Morgan fingerprint density at radius 3 is 2.50 bits per heavy atom. The number of unbranched alkanes of at least 4 members (excludes halogenated alkanes) is 1. The van der Waals surface area contributed by atoms with Crippen LogP contribution in [0.15, 0.2) is 12.2 Å². The molecular formula is C7H11NaO2. The van der Waals surface area contributed by atoms with E-state index >= 15 is 0 Å². The minimum atomic E-state index is -1.01. The Labute approximate surface area is 83.6 Å². The van der Waals surface area contributed by atoms with E-state index in [0.717, 1.165) is 12.8 Å². The van der Waals surface area contributed by atoms with Gasteiger partial charge < -0.3 is 9.90 Å². The zero-order chi connectivity index (χ0) is 7.11. The van der Waals surface area contributed by atoms with Crippen LogP contribution in [0.2, 0.25) is 0 Å². The van der Waals surface area contributed by atoms with E-state index in [4.69, 9.17) is 0 Å². The number of hydrogen-bond donors (Lipinski definition) is 0. The molecule has 3 heteroatoms.